The van der Waals surface area contributed by atoms with Crippen molar-refractivity contribution in [3.63, 3.8) is 0 Å². The van der Waals surface area contributed by atoms with Crippen LogP contribution in [-0.4, -0.2) is 11.1 Å². The summed E-state index contributed by atoms with van der Waals surface area (Å²) in [5.41, 5.74) is 0.611. The molecule has 98 valence electrons. The van der Waals surface area contributed by atoms with Crippen molar-refractivity contribution in [1.82, 2.24) is 0 Å². The van der Waals surface area contributed by atoms with E-state index in [0.717, 1.165) is 12.1 Å². The van der Waals surface area contributed by atoms with Crippen molar-refractivity contribution in [2.45, 2.75) is 6.42 Å². The molecule has 2 rings (SSSR count). The first-order chi connectivity index (χ1) is 9.04. The number of halogens is 2. The predicted octanol–water partition coefficient (Wildman–Crippen LogP) is 3.38. The second kappa shape index (κ2) is 5.48. The van der Waals surface area contributed by atoms with Gasteiger partial charge in [-0.3, -0.25) is 4.79 Å². The first-order valence-corrected chi connectivity index (χ1v) is 5.48. The quantitative estimate of drug-likeness (QED) is 0.920. The molecule has 0 aliphatic rings. The highest BCUT2D eigenvalue weighted by Crippen LogP contribution is 2.25. The van der Waals surface area contributed by atoms with Gasteiger partial charge in [-0.05, 0) is 29.8 Å². The molecule has 1 N–H and O–H groups in total. The van der Waals surface area contributed by atoms with Crippen LogP contribution < -0.4 is 4.74 Å². The number of benzene rings is 2. The van der Waals surface area contributed by atoms with Crippen LogP contribution >= 0.6 is 0 Å². The van der Waals surface area contributed by atoms with Crippen LogP contribution in [0.25, 0.3) is 0 Å². The van der Waals surface area contributed by atoms with Crippen LogP contribution in [0.1, 0.15) is 5.56 Å². The van der Waals surface area contributed by atoms with E-state index in [9.17, 15) is 13.6 Å². The fourth-order valence-electron chi connectivity index (χ4n) is 1.53. The molecule has 0 aromatic heterocycles. The minimum Gasteiger partial charge on any atom is -0.481 e. The summed E-state index contributed by atoms with van der Waals surface area (Å²) in [7, 11) is 0. The third kappa shape index (κ3) is 3.51. The Kier molecular flexibility index (Phi) is 3.75. The molecule has 0 atom stereocenters. The maximum atomic E-state index is 13.3. The van der Waals surface area contributed by atoms with E-state index in [-0.39, 0.29) is 12.2 Å². The summed E-state index contributed by atoms with van der Waals surface area (Å²) < 4.78 is 31.3. The molecule has 0 fully saturated rings. The standard InChI is InChI=1S/C14H10F2O3/c15-10-3-6-13(12(16)8-10)19-11-4-1-9(2-5-11)7-14(17)18/h1-6,8H,7H2,(H,17,18). The molecular formula is C14H10F2O3. The van der Waals surface area contributed by atoms with Gasteiger partial charge >= 0.3 is 5.97 Å². The summed E-state index contributed by atoms with van der Waals surface area (Å²) in [6.07, 6.45) is -0.0921. The van der Waals surface area contributed by atoms with E-state index in [2.05, 4.69) is 0 Å². The minimum atomic E-state index is -0.932. The van der Waals surface area contributed by atoms with E-state index in [1.807, 2.05) is 0 Å². The lowest BCUT2D eigenvalue weighted by molar-refractivity contribution is -0.136. The van der Waals surface area contributed by atoms with Crippen molar-refractivity contribution >= 4 is 5.97 Å². The summed E-state index contributed by atoms with van der Waals surface area (Å²) in [6, 6.07) is 9.22. The van der Waals surface area contributed by atoms with Gasteiger partial charge in [-0.1, -0.05) is 12.1 Å². The highest BCUT2D eigenvalue weighted by atomic mass is 19.1. The molecule has 3 nitrogen and oxygen atoms in total. The highest BCUT2D eigenvalue weighted by molar-refractivity contribution is 5.70. The van der Waals surface area contributed by atoms with Crippen molar-refractivity contribution < 1.29 is 23.4 Å². The highest BCUT2D eigenvalue weighted by Gasteiger charge is 2.06. The second-order valence-corrected chi connectivity index (χ2v) is 3.89. The van der Waals surface area contributed by atoms with E-state index in [1.165, 1.54) is 18.2 Å². The molecule has 0 spiro atoms. The Balaban J connectivity index is 2.13. The van der Waals surface area contributed by atoms with Gasteiger partial charge in [-0.25, -0.2) is 8.78 Å². The van der Waals surface area contributed by atoms with Gasteiger partial charge in [0.05, 0.1) is 6.42 Å². The fraction of sp³-hybridized carbons (Fsp3) is 0.0714. The smallest absolute Gasteiger partial charge is 0.307 e. The Labute approximate surface area is 108 Å². The molecular weight excluding hydrogens is 254 g/mol. The normalized spacial score (nSPS) is 10.2. The maximum Gasteiger partial charge on any atom is 0.307 e. The van der Waals surface area contributed by atoms with Gasteiger partial charge in [0.25, 0.3) is 0 Å². The molecule has 0 amide bonds. The first-order valence-electron chi connectivity index (χ1n) is 5.48. The zero-order valence-electron chi connectivity index (χ0n) is 9.77. The fourth-order valence-corrected chi connectivity index (χ4v) is 1.53. The van der Waals surface area contributed by atoms with Crippen LogP contribution in [0.4, 0.5) is 8.78 Å². The van der Waals surface area contributed by atoms with E-state index < -0.39 is 17.6 Å². The molecule has 0 saturated carbocycles. The molecule has 0 bridgehead atoms. The van der Waals surface area contributed by atoms with Crippen LogP contribution in [0, 0.1) is 11.6 Å². The summed E-state index contributed by atoms with van der Waals surface area (Å²) in [5, 5.41) is 8.62. The van der Waals surface area contributed by atoms with Gasteiger partial charge < -0.3 is 9.84 Å². The number of carboxylic acid groups (broad SMARTS) is 1. The largest absolute Gasteiger partial charge is 0.481 e. The Hall–Kier alpha value is -2.43. The zero-order valence-corrected chi connectivity index (χ0v) is 9.77. The predicted molar refractivity (Wildman–Crippen MR) is 64.2 cm³/mol. The number of rotatable bonds is 4. The average Bonchev–Trinajstić information content (AvgIpc) is 2.34. The van der Waals surface area contributed by atoms with Crippen LogP contribution in [0.3, 0.4) is 0 Å². The van der Waals surface area contributed by atoms with E-state index in [0.29, 0.717) is 11.3 Å². The van der Waals surface area contributed by atoms with Gasteiger partial charge in [0.1, 0.15) is 11.6 Å². The Morgan fingerprint density at radius 3 is 2.37 bits per heavy atom. The molecule has 0 aliphatic carbocycles. The third-order valence-corrected chi connectivity index (χ3v) is 2.40. The van der Waals surface area contributed by atoms with Crippen LogP contribution in [0.5, 0.6) is 11.5 Å². The Morgan fingerprint density at radius 1 is 1.11 bits per heavy atom. The number of hydrogen-bond acceptors (Lipinski definition) is 2. The van der Waals surface area contributed by atoms with Crippen molar-refractivity contribution in [2.75, 3.05) is 0 Å². The van der Waals surface area contributed by atoms with Gasteiger partial charge in [0.2, 0.25) is 0 Å². The zero-order chi connectivity index (χ0) is 13.8. The molecule has 0 heterocycles. The molecule has 5 heteroatoms. The number of carboxylic acids is 1. The van der Waals surface area contributed by atoms with Gasteiger partial charge in [0, 0.05) is 6.07 Å². The number of carbonyl (C=O) groups is 1. The van der Waals surface area contributed by atoms with E-state index in [4.69, 9.17) is 9.84 Å². The molecule has 0 radical (unpaired) electrons. The summed E-state index contributed by atoms with van der Waals surface area (Å²) in [5.74, 6) is -2.15. The summed E-state index contributed by atoms with van der Waals surface area (Å²) in [6.45, 7) is 0. The average molecular weight is 264 g/mol. The van der Waals surface area contributed by atoms with Crippen molar-refractivity contribution in [3.8, 4) is 11.5 Å². The summed E-state index contributed by atoms with van der Waals surface area (Å²) >= 11 is 0. The molecule has 2 aromatic rings. The van der Waals surface area contributed by atoms with Crippen LogP contribution in [0.15, 0.2) is 42.5 Å². The number of ether oxygens (including phenoxy) is 1. The lowest BCUT2D eigenvalue weighted by Crippen LogP contribution is -1.99. The van der Waals surface area contributed by atoms with Crippen molar-refractivity contribution in [3.05, 3.63) is 59.7 Å². The third-order valence-electron chi connectivity index (χ3n) is 2.40. The van der Waals surface area contributed by atoms with Crippen LogP contribution in [0.2, 0.25) is 0 Å². The molecule has 2 aromatic carbocycles. The van der Waals surface area contributed by atoms with E-state index >= 15 is 0 Å². The Bertz CT molecular complexity index is 594. The molecule has 0 saturated heterocycles. The lowest BCUT2D eigenvalue weighted by Gasteiger charge is -2.07. The van der Waals surface area contributed by atoms with Gasteiger partial charge in [-0.2, -0.15) is 0 Å². The van der Waals surface area contributed by atoms with Crippen molar-refractivity contribution in [1.29, 1.82) is 0 Å². The van der Waals surface area contributed by atoms with Crippen LogP contribution in [-0.2, 0) is 11.2 Å². The topological polar surface area (TPSA) is 46.5 Å². The number of aliphatic carboxylic acids is 1. The SMILES string of the molecule is O=C(O)Cc1ccc(Oc2ccc(F)cc2F)cc1. The number of hydrogen-bond donors (Lipinski definition) is 1. The molecule has 19 heavy (non-hydrogen) atoms. The monoisotopic (exact) mass is 264 g/mol. The molecule has 0 unspecified atom stereocenters. The molecule has 0 aliphatic heterocycles. The summed E-state index contributed by atoms with van der Waals surface area (Å²) in [4.78, 5) is 10.5. The van der Waals surface area contributed by atoms with Crippen molar-refractivity contribution in [2.24, 2.45) is 0 Å². The lowest BCUT2D eigenvalue weighted by atomic mass is 10.1. The van der Waals surface area contributed by atoms with Gasteiger partial charge in [-0.15, -0.1) is 0 Å². The second-order valence-electron chi connectivity index (χ2n) is 3.89. The van der Waals surface area contributed by atoms with E-state index in [1.54, 1.807) is 12.1 Å². The van der Waals surface area contributed by atoms with Gasteiger partial charge in [0.15, 0.2) is 11.6 Å². The minimum absolute atomic E-state index is 0.0904. The first kappa shape index (κ1) is 13.0. The Morgan fingerprint density at radius 2 is 1.79 bits per heavy atom. The maximum absolute atomic E-state index is 13.3.